The van der Waals surface area contributed by atoms with Gasteiger partial charge in [-0.15, -0.1) is 0 Å². The molecule has 0 amide bonds. The number of rotatable bonds is 2. The van der Waals surface area contributed by atoms with Crippen molar-refractivity contribution < 1.29 is 9.53 Å². The minimum atomic E-state index is -0.341. The Morgan fingerprint density at radius 3 is 2.45 bits per heavy atom. The molecule has 0 aromatic carbocycles. The van der Waals surface area contributed by atoms with Gasteiger partial charge in [0.15, 0.2) is 0 Å². The Balaban J connectivity index is 2.61. The minimum absolute atomic E-state index is 0.0300. The fraction of sp³-hybridized carbons (Fsp3) is 0.222. The fourth-order valence-electron chi connectivity index (χ4n) is 0.931. The maximum atomic E-state index is 10.9. The van der Waals surface area contributed by atoms with Gasteiger partial charge in [-0.3, -0.25) is 0 Å². The van der Waals surface area contributed by atoms with Gasteiger partial charge in [-0.05, 0) is 0 Å². The number of allylic oxidation sites excluding steroid dienone is 4. The van der Waals surface area contributed by atoms with Gasteiger partial charge < -0.3 is 4.74 Å². The summed E-state index contributed by atoms with van der Waals surface area (Å²) in [5.74, 6) is -0.311. The number of methoxy groups -OCH3 is 1. The summed E-state index contributed by atoms with van der Waals surface area (Å²) < 4.78 is 4.52. The molecular weight excluding hydrogens is 140 g/mol. The van der Waals surface area contributed by atoms with Crippen LogP contribution in [0.1, 0.15) is 0 Å². The Bertz CT molecular complexity index is 224. The SMILES string of the molecule is C=C(C(=O)OC)C1C=CC=C1. The molecule has 0 fully saturated rings. The Kier molecular flexibility index (Phi) is 2.26. The van der Waals surface area contributed by atoms with Crippen LogP contribution in [-0.4, -0.2) is 13.1 Å². The summed E-state index contributed by atoms with van der Waals surface area (Å²) in [4.78, 5) is 10.9. The van der Waals surface area contributed by atoms with Gasteiger partial charge in [-0.25, -0.2) is 4.79 Å². The second kappa shape index (κ2) is 3.19. The molecule has 1 aliphatic carbocycles. The zero-order valence-corrected chi connectivity index (χ0v) is 6.41. The number of carbonyl (C=O) groups excluding carboxylic acids is 1. The minimum Gasteiger partial charge on any atom is -0.466 e. The molecule has 0 spiro atoms. The second-order valence-corrected chi connectivity index (χ2v) is 2.31. The highest BCUT2D eigenvalue weighted by molar-refractivity contribution is 5.89. The summed E-state index contributed by atoms with van der Waals surface area (Å²) in [7, 11) is 1.36. The average Bonchev–Trinajstić information content (AvgIpc) is 2.53. The molecular formula is C9H10O2. The van der Waals surface area contributed by atoms with Crippen molar-refractivity contribution in [3.05, 3.63) is 36.5 Å². The molecule has 0 radical (unpaired) electrons. The highest BCUT2D eigenvalue weighted by Gasteiger charge is 2.15. The number of esters is 1. The molecule has 0 aromatic heterocycles. The van der Waals surface area contributed by atoms with Crippen LogP contribution in [0.2, 0.25) is 0 Å². The van der Waals surface area contributed by atoms with Crippen LogP contribution in [0.15, 0.2) is 36.5 Å². The monoisotopic (exact) mass is 150 g/mol. The average molecular weight is 150 g/mol. The van der Waals surface area contributed by atoms with Crippen molar-refractivity contribution in [3.8, 4) is 0 Å². The lowest BCUT2D eigenvalue weighted by molar-refractivity contribution is -0.136. The third-order valence-electron chi connectivity index (χ3n) is 1.60. The molecule has 0 saturated carbocycles. The molecule has 11 heavy (non-hydrogen) atoms. The molecule has 0 N–H and O–H groups in total. The highest BCUT2D eigenvalue weighted by Crippen LogP contribution is 2.17. The first kappa shape index (κ1) is 7.79. The third kappa shape index (κ3) is 1.58. The van der Waals surface area contributed by atoms with Crippen LogP contribution < -0.4 is 0 Å². The zero-order chi connectivity index (χ0) is 8.27. The van der Waals surface area contributed by atoms with Gasteiger partial charge in [0.25, 0.3) is 0 Å². The molecule has 0 atom stereocenters. The van der Waals surface area contributed by atoms with Crippen LogP contribution in [0, 0.1) is 5.92 Å². The first-order valence-corrected chi connectivity index (χ1v) is 3.38. The Labute approximate surface area is 65.9 Å². The van der Waals surface area contributed by atoms with Gasteiger partial charge in [0, 0.05) is 11.5 Å². The van der Waals surface area contributed by atoms with Crippen molar-refractivity contribution in [2.75, 3.05) is 7.11 Å². The third-order valence-corrected chi connectivity index (χ3v) is 1.60. The molecule has 1 aliphatic rings. The predicted molar refractivity (Wildman–Crippen MR) is 42.9 cm³/mol. The van der Waals surface area contributed by atoms with E-state index in [2.05, 4.69) is 11.3 Å². The van der Waals surface area contributed by atoms with Crippen LogP contribution in [0.5, 0.6) is 0 Å². The lowest BCUT2D eigenvalue weighted by Crippen LogP contribution is -2.09. The largest absolute Gasteiger partial charge is 0.466 e. The van der Waals surface area contributed by atoms with Crippen LogP contribution >= 0.6 is 0 Å². The Hall–Kier alpha value is -1.31. The Morgan fingerprint density at radius 2 is 2.00 bits per heavy atom. The maximum absolute atomic E-state index is 10.9. The fourth-order valence-corrected chi connectivity index (χ4v) is 0.931. The van der Waals surface area contributed by atoms with Gasteiger partial charge in [-0.1, -0.05) is 30.9 Å². The standard InChI is InChI=1S/C9H10O2/c1-7(9(10)11-2)8-5-3-4-6-8/h3-6,8H,1H2,2H3. The van der Waals surface area contributed by atoms with E-state index in [4.69, 9.17) is 0 Å². The molecule has 0 aromatic rings. The number of ether oxygens (including phenoxy) is 1. The van der Waals surface area contributed by atoms with Gasteiger partial charge in [-0.2, -0.15) is 0 Å². The van der Waals surface area contributed by atoms with Crippen molar-refractivity contribution in [1.82, 2.24) is 0 Å². The van der Waals surface area contributed by atoms with Crippen LogP contribution in [-0.2, 0) is 9.53 Å². The molecule has 58 valence electrons. The van der Waals surface area contributed by atoms with Crippen LogP contribution in [0.25, 0.3) is 0 Å². The van der Waals surface area contributed by atoms with E-state index in [0.717, 1.165) is 0 Å². The first-order chi connectivity index (χ1) is 5.25. The molecule has 2 heteroatoms. The van der Waals surface area contributed by atoms with Crippen molar-refractivity contribution >= 4 is 5.97 Å². The van der Waals surface area contributed by atoms with E-state index in [1.807, 2.05) is 24.3 Å². The van der Waals surface area contributed by atoms with Gasteiger partial charge in [0.1, 0.15) is 0 Å². The van der Waals surface area contributed by atoms with Crippen LogP contribution in [0.4, 0.5) is 0 Å². The van der Waals surface area contributed by atoms with Crippen molar-refractivity contribution in [3.63, 3.8) is 0 Å². The maximum Gasteiger partial charge on any atom is 0.334 e. The first-order valence-electron chi connectivity index (χ1n) is 3.38. The number of carbonyl (C=O) groups is 1. The normalized spacial score (nSPS) is 15.4. The summed E-state index contributed by atoms with van der Waals surface area (Å²) in [6, 6.07) is 0. The Morgan fingerprint density at radius 1 is 1.45 bits per heavy atom. The van der Waals surface area contributed by atoms with E-state index in [9.17, 15) is 4.79 Å². The lowest BCUT2D eigenvalue weighted by atomic mass is 10.0. The highest BCUT2D eigenvalue weighted by atomic mass is 16.5. The summed E-state index contributed by atoms with van der Waals surface area (Å²) in [6.07, 6.45) is 7.58. The summed E-state index contributed by atoms with van der Waals surface area (Å²) in [5.41, 5.74) is 0.484. The van der Waals surface area contributed by atoms with Crippen molar-refractivity contribution in [2.24, 2.45) is 5.92 Å². The van der Waals surface area contributed by atoms with E-state index in [1.165, 1.54) is 7.11 Å². The van der Waals surface area contributed by atoms with E-state index in [1.54, 1.807) is 0 Å². The lowest BCUT2D eigenvalue weighted by Gasteiger charge is -2.05. The van der Waals surface area contributed by atoms with Crippen molar-refractivity contribution in [2.45, 2.75) is 0 Å². The summed E-state index contributed by atoms with van der Waals surface area (Å²) >= 11 is 0. The molecule has 0 unspecified atom stereocenters. The molecule has 0 bridgehead atoms. The molecule has 0 heterocycles. The second-order valence-electron chi connectivity index (χ2n) is 2.31. The van der Waals surface area contributed by atoms with E-state index in [0.29, 0.717) is 5.57 Å². The smallest absolute Gasteiger partial charge is 0.334 e. The van der Waals surface area contributed by atoms with Gasteiger partial charge >= 0.3 is 5.97 Å². The number of hydrogen-bond acceptors (Lipinski definition) is 2. The van der Waals surface area contributed by atoms with Gasteiger partial charge in [0.05, 0.1) is 7.11 Å². The molecule has 0 saturated heterocycles. The quantitative estimate of drug-likeness (QED) is 0.440. The predicted octanol–water partition coefficient (Wildman–Crippen LogP) is 1.46. The summed E-state index contributed by atoms with van der Waals surface area (Å²) in [5, 5.41) is 0. The van der Waals surface area contributed by atoms with E-state index < -0.39 is 0 Å². The van der Waals surface area contributed by atoms with E-state index >= 15 is 0 Å². The van der Waals surface area contributed by atoms with Gasteiger partial charge in [0.2, 0.25) is 0 Å². The number of hydrogen-bond donors (Lipinski definition) is 0. The van der Waals surface area contributed by atoms with Crippen molar-refractivity contribution in [1.29, 1.82) is 0 Å². The van der Waals surface area contributed by atoms with E-state index in [-0.39, 0.29) is 11.9 Å². The molecule has 2 nitrogen and oxygen atoms in total. The summed E-state index contributed by atoms with van der Waals surface area (Å²) in [6.45, 7) is 3.63. The van der Waals surface area contributed by atoms with Crippen LogP contribution in [0.3, 0.4) is 0 Å². The molecule has 1 rings (SSSR count). The topological polar surface area (TPSA) is 26.3 Å². The zero-order valence-electron chi connectivity index (χ0n) is 6.41. The molecule has 0 aliphatic heterocycles.